The number of nitrogens with zero attached hydrogens (tertiary/aromatic N) is 4. The third-order valence-electron chi connectivity index (χ3n) is 5.86. The molecule has 31 heavy (non-hydrogen) atoms. The number of rotatable bonds is 6. The Morgan fingerprint density at radius 3 is 2.58 bits per heavy atom. The Hall–Kier alpha value is -2.97. The number of hydrogen-bond acceptors (Lipinski definition) is 4. The number of aromatic nitrogens is 2. The van der Waals surface area contributed by atoms with E-state index in [0.717, 1.165) is 49.7 Å². The fourth-order valence-electron chi connectivity index (χ4n) is 4.01. The summed E-state index contributed by atoms with van der Waals surface area (Å²) in [5.41, 5.74) is 5.55. The number of pyridine rings is 1. The van der Waals surface area contributed by atoms with Crippen molar-refractivity contribution in [3.05, 3.63) is 59.5 Å². The first-order valence-electron chi connectivity index (χ1n) is 10.6. The summed E-state index contributed by atoms with van der Waals surface area (Å²) in [7, 11) is 0. The average molecular weight is 425 g/mol. The summed E-state index contributed by atoms with van der Waals surface area (Å²) in [5, 5.41) is 5.80. The molecule has 2 aromatic heterocycles. The summed E-state index contributed by atoms with van der Waals surface area (Å²) in [4.78, 5) is 21.4. The molecule has 0 saturated carbocycles. The van der Waals surface area contributed by atoms with Crippen molar-refractivity contribution in [3.63, 3.8) is 0 Å². The molecule has 3 aromatic rings. The smallest absolute Gasteiger partial charge is 0.308 e. The number of anilines is 2. The third kappa shape index (κ3) is 5.03. The van der Waals surface area contributed by atoms with Gasteiger partial charge in [0.1, 0.15) is 6.67 Å². The van der Waals surface area contributed by atoms with Crippen molar-refractivity contribution in [2.75, 3.05) is 50.0 Å². The average Bonchev–Trinajstić information content (AvgIpc) is 3.25. The number of nitrogens with one attached hydrogen (secondary N) is 2. The number of fused-ring (bicyclic) bond motifs is 1. The van der Waals surface area contributed by atoms with Crippen molar-refractivity contribution in [2.24, 2.45) is 0 Å². The van der Waals surface area contributed by atoms with Gasteiger partial charge in [0, 0.05) is 63.0 Å². The Morgan fingerprint density at radius 2 is 1.84 bits per heavy atom. The van der Waals surface area contributed by atoms with E-state index in [1.807, 2.05) is 41.8 Å². The Bertz CT molecular complexity index is 1060. The molecule has 0 bridgehead atoms. The van der Waals surface area contributed by atoms with Crippen molar-refractivity contribution < 1.29 is 9.18 Å². The van der Waals surface area contributed by atoms with Crippen molar-refractivity contribution >= 4 is 23.1 Å². The normalized spacial score (nSPS) is 15.3. The molecule has 1 fully saturated rings. The van der Waals surface area contributed by atoms with Gasteiger partial charge in [-0.15, -0.1) is 0 Å². The van der Waals surface area contributed by atoms with Gasteiger partial charge in [0.2, 0.25) is 0 Å². The molecule has 1 aliphatic heterocycles. The van der Waals surface area contributed by atoms with Crippen LogP contribution in [-0.4, -0.2) is 64.6 Å². The van der Waals surface area contributed by atoms with Crippen LogP contribution in [0.1, 0.15) is 16.8 Å². The largest absolute Gasteiger partial charge is 0.323 e. The highest BCUT2D eigenvalue weighted by Gasteiger charge is 2.17. The Labute approximate surface area is 181 Å². The number of piperazine rings is 1. The maximum Gasteiger partial charge on any atom is 0.323 e. The number of halogens is 1. The molecule has 0 unspecified atom stereocenters. The van der Waals surface area contributed by atoms with E-state index >= 15 is 0 Å². The molecule has 4 rings (SSSR count). The van der Waals surface area contributed by atoms with E-state index in [9.17, 15) is 9.18 Å². The minimum atomic E-state index is -0.301. The summed E-state index contributed by atoms with van der Waals surface area (Å²) in [5.74, 6) is 0. The highest BCUT2D eigenvalue weighted by atomic mass is 19.1. The second-order valence-corrected chi connectivity index (χ2v) is 8.04. The molecule has 1 aromatic carbocycles. The predicted octanol–water partition coefficient (Wildman–Crippen LogP) is 3.68. The summed E-state index contributed by atoms with van der Waals surface area (Å²) in [6.07, 6.45) is 3.59. The number of carbonyl (C=O) groups excluding carboxylic acids is 1. The molecule has 8 heteroatoms. The van der Waals surface area contributed by atoms with Crippen LogP contribution in [0.5, 0.6) is 0 Å². The third-order valence-corrected chi connectivity index (χ3v) is 5.86. The Morgan fingerprint density at radius 1 is 1.06 bits per heavy atom. The lowest BCUT2D eigenvalue weighted by Gasteiger charge is -2.34. The minimum absolute atomic E-state index is 0.280. The van der Waals surface area contributed by atoms with Crippen molar-refractivity contribution in [2.45, 2.75) is 20.4 Å². The molecule has 1 aliphatic rings. The molecule has 0 aliphatic carbocycles. The quantitative estimate of drug-likeness (QED) is 0.634. The number of amides is 2. The van der Waals surface area contributed by atoms with Gasteiger partial charge in [-0.1, -0.05) is 6.07 Å². The first kappa shape index (κ1) is 21.3. The van der Waals surface area contributed by atoms with Gasteiger partial charge in [-0.25, -0.2) is 14.2 Å². The second-order valence-electron chi connectivity index (χ2n) is 8.04. The lowest BCUT2D eigenvalue weighted by atomic mass is 10.1. The number of alkyl halides is 1. The van der Waals surface area contributed by atoms with Gasteiger partial charge in [-0.2, -0.15) is 0 Å². The van der Waals surface area contributed by atoms with Gasteiger partial charge in [0.25, 0.3) is 0 Å². The molecule has 2 amide bonds. The van der Waals surface area contributed by atoms with Crippen LogP contribution in [0.25, 0.3) is 5.65 Å². The van der Waals surface area contributed by atoms with Gasteiger partial charge in [0.15, 0.2) is 5.65 Å². The monoisotopic (exact) mass is 424 g/mol. The highest BCUT2D eigenvalue weighted by Crippen LogP contribution is 2.20. The summed E-state index contributed by atoms with van der Waals surface area (Å²) in [6, 6.07) is 9.50. The van der Waals surface area contributed by atoms with E-state index in [1.54, 1.807) is 6.20 Å². The molecule has 0 radical (unpaired) electrons. The predicted molar refractivity (Wildman–Crippen MR) is 121 cm³/mol. The standard InChI is InChI=1S/C23H29FN6O/c1-17-15-20(5-4-19(17)16-29-13-11-28(9-7-24)12-14-29)26-23(31)27-21-6-3-18(2)30-10-8-25-22(21)30/h3-6,8,10,15H,7,9,11-14,16H2,1-2H3,(H2,26,27,31). The highest BCUT2D eigenvalue weighted by molar-refractivity contribution is 6.01. The second kappa shape index (κ2) is 9.45. The summed E-state index contributed by atoms with van der Waals surface area (Å²) < 4.78 is 14.4. The van der Waals surface area contributed by atoms with Gasteiger partial charge < -0.3 is 15.0 Å². The van der Waals surface area contributed by atoms with Crippen LogP contribution in [-0.2, 0) is 6.54 Å². The number of urea groups is 1. The lowest BCUT2D eigenvalue weighted by Crippen LogP contribution is -2.46. The van der Waals surface area contributed by atoms with E-state index in [0.29, 0.717) is 17.9 Å². The van der Waals surface area contributed by atoms with E-state index < -0.39 is 0 Å². The summed E-state index contributed by atoms with van der Waals surface area (Å²) >= 11 is 0. The van der Waals surface area contributed by atoms with Crippen molar-refractivity contribution in [3.8, 4) is 0 Å². The number of carbonyl (C=O) groups is 1. The van der Waals surface area contributed by atoms with Crippen LogP contribution >= 0.6 is 0 Å². The van der Waals surface area contributed by atoms with Crippen molar-refractivity contribution in [1.82, 2.24) is 19.2 Å². The van der Waals surface area contributed by atoms with Crippen LogP contribution in [0, 0.1) is 13.8 Å². The maximum absolute atomic E-state index is 12.5. The fraction of sp³-hybridized carbons (Fsp3) is 0.391. The lowest BCUT2D eigenvalue weighted by molar-refractivity contribution is 0.121. The fourth-order valence-corrected chi connectivity index (χ4v) is 4.01. The molecular weight excluding hydrogens is 395 g/mol. The zero-order valence-electron chi connectivity index (χ0n) is 18.1. The molecular formula is C23H29FN6O. The first-order valence-corrected chi connectivity index (χ1v) is 10.6. The van der Waals surface area contributed by atoms with Crippen LogP contribution in [0.15, 0.2) is 42.7 Å². The van der Waals surface area contributed by atoms with E-state index in [-0.39, 0.29) is 12.7 Å². The van der Waals surface area contributed by atoms with Gasteiger partial charge >= 0.3 is 6.03 Å². The molecule has 0 spiro atoms. The topological polar surface area (TPSA) is 64.9 Å². The van der Waals surface area contributed by atoms with Crippen molar-refractivity contribution in [1.29, 1.82) is 0 Å². The number of hydrogen-bond donors (Lipinski definition) is 2. The zero-order chi connectivity index (χ0) is 21.8. The Balaban J connectivity index is 1.35. The molecule has 2 N–H and O–H groups in total. The minimum Gasteiger partial charge on any atom is -0.308 e. The zero-order valence-corrected chi connectivity index (χ0v) is 18.1. The van der Waals surface area contributed by atoms with E-state index in [4.69, 9.17) is 0 Å². The molecule has 3 heterocycles. The van der Waals surface area contributed by atoms with Gasteiger partial charge in [-0.05, 0) is 49.2 Å². The molecule has 7 nitrogen and oxygen atoms in total. The Kier molecular flexibility index (Phi) is 6.48. The van der Waals surface area contributed by atoms with Crippen LogP contribution in [0.3, 0.4) is 0 Å². The van der Waals surface area contributed by atoms with Crippen LogP contribution in [0.2, 0.25) is 0 Å². The molecule has 164 valence electrons. The number of imidazole rings is 1. The first-order chi connectivity index (χ1) is 15.0. The molecule has 1 saturated heterocycles. The molecule has 0 atom stereocenters. The van der Waals surface area contributed by atoms with E-state index in [1.165, 1.54) is 5.56 Å². The number of aryl methyl sites for hydroxylation is 2. The van der Waals surface area contributed by atoms with Gasteiger partial charge in [0.05, 0.1) is 5.69 Å². The van der Waals surface area contributed by atoms with E-state index in [2.05, 4.69) is 38.4 Å². The summed E-state index contributed by atoms with van der Waals surface area (Å²) in [6.45, 7) is 8.88. The SMILES string of the molecule is Cc1cc(NC(=O)Nc2ccc(C)n3ccnc23)ccc1CN1CCN(CCF)CC1. The van der Waals surface area contributed by atoms with Crippen LogP contribution < -0.4 is 10.6 Å². The van der Waals surface area contributed by atoms with Gasteiger partial charge in [-0.3, -0.25) is 9.80 Å². The maximum atomic E-state index is 12.5. The number of benzene rings is 1. The van der Waals surface area contributed by atoms with Crippen LogP contribution in [0.4, 0.5) is 20.6 Å².